The molecule has 2 heteroatoms. The summed E-state index contributed by atoms with van der Waals surface area (Å²) in [5.41, 5.74) is 2.27. The fraction of sp³-hybridized carbons (Fsp3) is 0.182. The van der Waals surface area contributed by atoms with Gasteiger partial charge in [0, 0.05) is 6.20 Å². The maximum absolute atomic E-state index is 5.13. The summed E-state index contributed by atoms with van der Waals surface area (Å²) in [4.78, 5) is 3.04. The van der Waals surface area contributed by atoms with Crippen molar-refractivity contribution in [2.45, 2.75) is 13.8 Å². The van der Waals surface area contributed by atoms with Crippen molar-refractivity contribution in [3.63, 3.8) is 0 Å². The highest BCUT2D eigenvalue weighted by atomic mass is 32.1. The lowest BCUT2D eigenvalue weighted by atomic mass is 10.3. The number of rotatable bonds is 0. The molecule has 0 aliphatic rings. The molecule has 68 valence electrons. The Kier molecular flexibility index (Phi) is 3.65. The first-order chi connectivity index (χ1) is 6.20. The largest absolute Gasteiger partial charge is 0.353 e. The average molecular weight is 191 g/mol. The Hall–Kier alpha value is -1.15. The maximum Gasteiger partial charge on any atom is 0.106 e. The van der Waals surface area contributed by atoms with Gasteiger partial charge in [-0.2, -0.15) is 0 Å². The number of hydrogen-bond acceptors (Lipinski definition) is 1. The van der Waals surface area contributed by atoms with Gasteiger partial charge in [0.15, 0.2) is 0 Å². The molecule has 0 amide bonds. The van der Waals surface area contributed by atoms with Gasteiger partial charge in [-0.3, -0.25) is 0 Å². The Morgan fingerprint density at radius 2 is 1.77 bits per heavy atom. The molecule has 0 aromatic carbocycles. The van der Waals surface area contributed by atoms with E-state index in [9.17, 15) is 0 Å². The lowest BCUT2D eigenvalue weighted by molar-refractivity contribution is 1.26. The number of H-pyrrole nitrogens is 1. The summed E-state index contributed by atoms with van der Waals surface area (Å²) in [6.45, 7) is 4.04. The van der Waals surface area contributed by atoms with Gasteiger partial charge < -0.3 is 4.98 Å². The smallest absolute Gasteiger partial charge is 0.106 e. The minimum absolute atomic E-state index is 0.774. The fourth-order valence-electron chi connectivity index (χ4n) is 0.901. The SMILES string of the molecule is Cc1ccccc(C)c(=S)[nH]cc1. The van der Waals surface area contributed by atoms with Crippen molar-refractivity contribution in [3.8, 4) is 0 Å². The Morgan fingerprint density at radius 1 is 1.08 bits per heavy atom. The highest BCUT2D eigenvalue weighted by Gasteiger charge is 1.79. The maximum atomic E-state index is 5.13. The lowest BCUT2D eigenvalue weighted by Gasteiger charge is -1.86. The van der Waals surface area contributed by atoms with Crippen LogP contribution in [-0.4, -0.2) is 4.98 Å². The van der Waals surface area contributed by atoms with Crippen LogP contribution in [0.4, 0.5) is 0 Å². The van der Waals surface area contributed by atoms with Crippen LogP contribution in [0.15, 0.2) is 36.5 Å². The summed E-state index contributed by atoms with van der Waals surface area (Å²) in [7, 11) is 0. The van der Waals surface area contributed by atoms with Gasteiger partial charge >= 0.3 is 0 Å². The van der Waals surface area contributed by atoms with Gasteiger partial charge in [-0.25, -0.2) is 0 Å². The Labute approximate surface area is 83.8 Å². The van der Waals surface area contributed by atoms with E-state index in [4.69, 9.17) is 12.2 Å². The van der Waals surface area contributed by atoms with Gasteiger partial charge in [0.25, 0.3) is 0 Å². The van der Waals surface area contributed by atoms with Crippen LogP contribution in [0.1, 0.15) is 11.1 Å². The molecule has 1 N–H and O–H groups in total. The molecule has 0 fully saturated rings. The minimum atomic E-state index is 0.774. The number of aryl methyl sites for hydroxylation is 2. The third kappa shape index (κ3) is 3.38. The summed E-state index contributed by atoms with van der Waals surface area (Å²) in [6, 6.07) is 10.0. The Morgan fingerprint density at radius 3 is 2.54 bits per heavy atom. The third-order valence-corrected chi connectivity index (χ3v) is 2.18. The molecule has 0 saturated heterocycles. The first kappa shape index (κ1) is 9.93. The first-order valence-corrected chi connectivity index (χ1v) is 4.60. The molecule has 1 aromatic heterocycles. The van der Waals surface area contributed by atoms with Gasteiger partial charge in [-0.05, 0) is 31.0 Å². The lowest BCUT2D eigenvalue weighted by Crippen LogP contribution is -1.73. The van der Waals surface area contributed by atoms with Gasteiger partial charge in [0.05, 0.1) is 0 Å². The van der Waals surface area contributed by atoms with Crippen molar-refractivity contribution in [1.29, 1.82) is 0 Å². The van der Waals surface area contributed by atoms with Crippen molar-refractivity contribution >= 4 is 12.2 Å². The van der Waals surface area contributed by atoms with E-state index in [1.54, 1.807) is 0 Å². The van der Waals surface area contributed by atoms with E-state index >= 15 is 0 Å². The van der Waals surface area contributed by atoms with E-state index in [1.807, 2.05) is 44.3 Å². The second-order valence-corrected chi connectivity index (χ2v) is 3.36. The number of aromatic nitrogens is 1. The minimum Gasteiger partial charge on any atom is -0.353 e. The van der Waals surface area contributed by atoms with E-state index in [2.05, 4.69) is 11.1 Å². The average Bonchev–Trinajstić information content (AvgIpc) is 2.11. The highest BCUT2D eigenvalue weighted by molar-refractivity contribution is 7.71. The zero-order valence-electron chi connectivity index (χ0n) is 7.87. The molecule has 1 aromatic rings. The third-order valence-electron chi connectivity index (χ3n) is 1.74. The molecule has 0 atom stereocenters. The van der Waals surface area contributed by atoms with E-state index in [0.717, 1.165) is 10.2 Å². The summed E-state index contributed by atoms with van der Waals surface area (Å²) in [6.07, 6.45) is 1.87. The van der Waals surface area contributed by atoms with Crippen molar-refractivity contribution in [3.05, 3.63) is 52.3 Å². The standard InChI is InChI=1S/C11H13NS/c1-9-5-3-4-6-10(2)11(13)12-8-7-9/h3-8H,1-2H3,(H,12,13). The molecule has 0 spiro atoms. The van der Waals surface area contributed by atoms with Crippen LogP contribution >= 0.6 is 12.2 Å². The number of aromatic amines is 1. The molecule has 0 saturated carbocycles. The van der Waals surface area contributed by atoms with Gasteiger partial charge in [0.1, 0.15) is 4.64 Å². The molecule has 0 bridgehead atoms. The van der Waals surface area contributed by atoms with Crippen molar-refractivity contribution in [1.82, 2.24) is 4.98 Å². The predicted octanol–water partition coefficient (Wildman–Crippen LogP) is 3.49. The molecule has 13 heavy (non-hydrogen) atoms. The zero-order valence-corrected chi connectivity index (χ0v) is 8.69. The molecule has 0 aliphatic heterocycles. The fourth-order valence-corrected chi connectivity index (χ4v) is 1.04. The van der Waals surface area contributed by atoms with Crippen LogP contribution in [0.2, 0.25) is 0 Å². The highest BCUT2D eigenvalue weighted by Crippen LogP contribution is 1.94. The molecular formula is C11H13NS. The molecule has 0 radical (unpaired) electrons. The first-order valence-electron chi connectivity index (χ1n) is 4.19. The molecule has 0 unspecified atom stereocenters. The summed E-state index contributed by atoms with van der Waals surface area (Å²) in [5, 5.41) is 0. The summed E-state index contributed by atoms with van der Waals surface area (Å²) < 4.78 is 0.774. The van der Waals surface area contributed by atoms with Crippen LogP contribution in [0.25, 0.3) is 0 Å². The van der Waals surface area contributed by atoms with Gasteiger partial charge in [0.2, 0.25) is 0 Å². The van der Waals surface area contributed by atoms with Crippen molar-refractivity contribution in [2.75, 3.05) is 0 Å². The summed E-state index contributed by atoms with van der Waals surface area (Å²) in [5.74, 6) is 0. The molecule has 1 rings (SSSR count). The summed E-state index contributed by atoms with van der Waals surface area (Å²) >= 11 is 5.13. The van der Waals surface area contributed by atoms with Crippen LogP contribution in [0.5, 0.6) is 0 Å². The van der Waals surface area contributed by atoms with Crippen molar-refractivity contribution in [2.24, 2.45) is 0 Å². The van der Waals surface area contributed by atoms with E-state index < -0.39 is 0 Å². The topological polar surface area (TPSA) is 15.8 Å². The van der Waals surface area contributed by atoms with Crippen LogP contribution < -0.4 is 0 Å². The second-order valence-electron chi connectivity index (χ2n) is 2.95. The van der Waals surface area contributed by atoms with E-state index in [1.165, 1.54) is 5.56 Å². The normalized spacial score (nSPS) is 9.08. The molecule has 1 nitrogen and oxygen atoms in total. The number of hydrogen-bond donors (Lipinski definition) is 1. The molecular weight excluding hydrogens is 178 g/mol. The van der Waals surface area contributed by atoms with E-state index in [0.29, 0.717) is 0 Å². The van der Waals surface area contributed by atoms with Crippen LogP contribution in [0, 0.1) is 18.5 Å². The Balaban J connectivity index is 3.40. The monoisotopic (exact) mass is 191 g/mol. The van der Waals surface area contributed by atoms with E-state index in [-0.39, 0.29) is 0 Å². The predicted molar refractivity (Wildman–Crippen MR) is 58.7 cm³/mol. The van der Waals surface area contributed by atoms with Gasteiger partial charge in [-0.1, -0.05) is 36.5 Å². The quantitative estimate of drug-likeness (QED) is 0.621. The molecule has 1 heterocycles. The zero-order chi connectivity index (χ0) is 9.68. The van der Waals surface area contributed by atoms with Crippen LogP contribution in [-0.2, 0) is 0 Å². The molecule has 0 aliphatic carbocycles. The Bertz CT molecular complexity index is 392. The van der Waals surface area contributed by atoms with Crippen molar-refractivity contribution < 1.29 is 0 Å². The second kappa shape index (κ2) is 4.77. The van der Waals surface area contributed by atoms with Crippen LogP contribution in [0.3, 0.4) is 0 Å². The van der Waals surface area contributed by atoms with Gasteiger partial charge in [-0.15, -0.1) is 0 Å². The number of nitrogens with one attached hydrogen (secondary N) is 1.